The maximum atomic E-state index is 13.7. The number of carbonyl (C=O) groups excluding carboxylic acids is 1. The average Bonchev–Trinajstić information content (AvgIpc) is 2.89. The largest absolute Gasteiger partial charge is 0.458 e. The fraction of sp³-hybridized carbons (Fsp3) is 0.811. The highest BCUT2D eigenvalue weighted by molar-refractivity contribution is 5.89. The van der Waals surface area contributed by atoms with Crippen molar-refractivity contribution in [3.8, 4) is 0 Å². The van der Waals surface area contributed by atoms with Crippen molar-refractivity contribution in [1.82, 2.24) is 0 Å². The maximum Gasteiger partial charge on any atom is 0.338 e. The van der Waals surface area contributed by atoms with E-state index in [0.717, 1.165) is 24.2 Å². The molecule has 11 atom stereocenters. The minimum Gasteiger partial charge on any atom is -0.458 e. The zero-order valence-electron chi connectivity index (χ0n) is 26.3. The average molecular weight is 531 g/mol. The van der Waals surface area contributed by atoms with E-state index >= 15 is 0 Å². The van der Waals surface area contributed by atoms with Crippen LogP contribution in [0, 0.1) is 73.9 Å². The van der Waals surface area contributed by atoms with E-state index in [1.807, 2.05) is 30.3 Å². The van der Waals surface area contributed by atoms with Gasteiger partial charge in [-0.3, -0.25) is 0 Å². The van der Waals surface area contributed by atoms with Gasteiger partial charge in [0.1, 0.15) is 6.10 Å². The molecule has 0 heterocycles. The Morgan fingerprint density at radius 2 is 1.15 bits per heavy atom. The van der Waals surface area contributed by atoms with Crippen LogP contribution in [0.5, 0.6) is 0 Å². The molecule has 1 aromatic rings. The van der Waals surface area contributed by atoms with E-state index in [9.17, 15) is 4.79 Å². The second-order valence-electron chi connectivity index (χ2n) is 17.8. The first kappa shape index (κ1) is 26.6. The second kappa shape index (κ2) is 7.74. The van der Waals surface area contributed by atoms with E-state index in [4.69, 9.17) is 4.74 Å². The van der Waals surface area contributed by atoms with Gasteiger partial charge in [0.2, 0.25) is 0 Å². The van der Waals surface area contributed by atoms with Crippen LogP contribution in [0.25, 0.3) is 0 Å². The number of hydrogen-bond acceptors (Lipinski definition) is 2. The van der Waals surface area contributed by atoms with E-state index in [2.05, 4.69) is 62.3 Å². The first-order chi connectivity index (χ1) is 18.1. The summed E-state index contributed by atoms with van der Waals surface area (Å²) < 4.78 is 6.75. The molecule has 9 fully saturated rings. The first-order valence-electron chi connectivity index (χ1n) is 16.4. The van der Waals surface area contributed by atoms with Crippen molar-refractivity contribution in [2.75, 3.05) is 0 Å². The first-order valence-corrected chi connectivity index (χ1v) is 16.4. The molecule has 9 aliphatic carbocycles. The summed E-state index contributed by atoms with van der Waals surface area (Å²) in [6, 6.07) is 9.76. The third-order valence-electron chi connectivity index (χ3n) is 16.3. The minimum atomic E-state index is -0.112. The fourth-order valence-electron chi connectivity index (χ4n) is 13.4. The van der Waals surface area contributed by atoms with Crippen LogP contribution in [-0.2, 0) is 4.74 Å². The van der Waals surface area contributed by atoms with E-state index < -0.39 is 0 Å². The van der Waals surface area contributed by atoms with Crippen molar-refractivity contribution in [3.05, 3.63) is 35.9 Å². The second-order valence-corrected chi connectivity index (χ2v) is 17.8. The zero-order valence-corrected chi connectivity index (χ0v) is 26.3. The Kier molecular flexibility index (Phi) is 5.28. The van der Waals surface area contributed by atoms with Gasteiger partial charge in [-0.25, -0.2) is 4.79 Å². The van der Waals surface area contributed by atoms with E-state index in [-0.39, 0.29) is 22.9 Å². The molecule has 0 N–H and O–H groups in total. The van der Waals surface area contributed by atoms with Gasteiger partial charge >= 0.3 is 5.97 Å². The molecule has 10 rings (SSSR count). The highest BCUT2D eigenvalue weighted by Crippen LogP contribution is 2.83. The maximum absolute atomic E-state index is 13.7. The number of fused-ring (bicyclic) bond motifs is 8. The molecule has 1 aromatic carbocycles. The summed E-state index contributed by atoms with van der Waals surface area (Å²) in [7, 11) is 0. The predicted molar refractivity (Wildman–Crippen MR) is 158 cm³/mol. The summed E-state index contributed by atoms with van der Waals surface area (Å²) in [5, 5.41) is 0. The van der Waals surface area contributed by atoms with Crippen LogP contribution in [0.4, 0.5) is 0 Å². The molecular formula is C37H54O2. The Labute approximate surface area is 238 Å². The quantitative estimate of drug-likeness (QED) is 0.362. The van der Waals surface area contributed by atoms with Crippen molar-refractivity contribution in [3.63, 3.8) is 0 Å². The Morgan fingerprint density at radius 1 is 0.641 bits per heavy atom. The lowest BCUT2D eigenvalue weighted by atomic mass is 9.23. The molecule has 0 aromatic heterocycles. The lowest BCUT2D eigenvalue weighted by Gasteiger charge is -2.81. The topological polar surface area (TPSA) is 26.3 Å². The van der Waals surface area contributed by atoms with E-state index in [0.29, 0.717) is 50.9 Å². The molecule has 11 unspecified atom stereocenters. The molecule has 0 amide bonds. The van der Waals surface area contributed by atoms with Crippen LogP contribution in [0.1, 0.15) is 118 Å². The van der Waals surface area contributed by atoms with Crippen molar-refractivity contribution in [2.24, 2.45) is 73.9 Å². The summed E-state index contributed by atoms with van der Waals surface area (Å²) in [4.78, 5) is 13.7. The molecule has 2 nitrogen and oxygen atoms in total. The molecule has 9 aliphatic rings. The Morgan fingerprint density at radius 3 is 1.72 bits per heavy atom. The van der Waals surface area contributed by atoms with Crippen LogP contribution in [0.15, 0.2) is 30.3 Å². The van der Waals surface area contributed by atoms with Crippen LogP contribution in [-0.4, -0.2) is 12.1 Å². The smallest absolute Gasteiger partial charge is 0.338 e. The van der Waals surface area contributed by atoms with Crippen LogP contribution in [0.2, 0.25) is 0 Å². The van der Waals surface area contributed by atoms with Gasteiger partial charge in [0.25, 0.3) is 0 Å². The van der Waals surface area contributed by atoms with Gasteiger partial charge in [-0.1, -0.05) is 80.5 Å². The number of esters is 1. The van der Waals surface area contributed by atoms with Crippen molar-refractivity contribution < 1.29 is 9.53 Å². The van der Waals surface area contributed by atoms with Gasteiger partial charge in [0.15, 0.2) is 0 Å². The molecule has 39 heavy (non-hydrogen) atoms. The highest BCUT2D eigenvalue weighted by Gasteiger charge is 2.79. The molecule has 214 valence electrons. The molecule has 0 aliphatic heterocycles. The molecular weight excluding hydrogens is 476 g/mol. The molecule has 2 heteroatoms. The fourth-order valence-corrected chi connectivity index (χ4v) is 13.4. The number of benzene rings is 1. The number of ether oxygens (including phenoxy) is 1. The van der Waals surface area contributed by atoms with Crippen molar-refractivity contribution in [1.29, 1.82) is 0 Å². The number of rotatable bonds is 4. The highest BCUT2D eigenvalue weighted by atomic mass is 16.5. The summed E-state index contributed by atoms with van der Waals surface area (Å²) in [6.45, 7) is 23.5. The van der Waals surface area contributed by atoms with Crippen LogP contribution in [0.3, 0.4) is 0 Å². The summed E-state index contributed by atoms with van der Waals surface area (Å²) in [6.07, 6.45) is 9.34. The van der Waals surface area contributed by atoms with E-state index in [1.54, 1.807) is 0 Å². The predicted octanol–water partition coefficient (Wildman–Crippen LogP) is 9.44. The van der Waals surface area contributed by atoms with Gasteiger partial charge in [0, 0.05) is 5.41 Å². The third kappa shape index (κ3) is 2.98. The van der Waals surface area contributed by atoms with Crippen molar-refractivity contribution in [2.45, 2.75) is 113 Å². The van der Waals surface area contributed by atoms with Gasteiger partial charge in [-0.05, 0) is 126 Å². The zero-order chi connectivity index (χ0) is 28.0. The standard InChI is InChI=1S/C37H54O2/c1-32(2)23-15-16-35(7,26(32)17-23)29-20-24-18-27(33(24,3)4)36(29,8)37(9)28-19-25(34(28,5)6)21-30(37)39-31(38)22-13-11-10-12-14-22/h10-14,23-30H,15-21H2,1-9H3. The van der Waals surface area contributed by atoms with Gasteiger partial charge in [-0.15, -0.1) is 0 Å². The SMILES string of the molecule is CC1(C)C2CCC(C)(C3CC4CC(C4(C)C)C3(C)C3(C)C(OC(=O)c4ccccc4)CC4CC3C4(C)C)C1C2. The monoisotopic (exact) mass is 530 g/mol. The number of carbonyl (C=O) groups is 1. The summed E-state index contributed by atoms with van der Waals surface area (Å²) in [5.74, 6) is 5.14. The van der Waals surface area contributed by atoms with E-state index in [1.165, 1.54) is 38.5 Å². The van der Waals surface area contributed by atoms with Crippen LogP contribution >= 0.6 is 0 Å². The van der Waals surface area contributed by atoms with Gasteiger partial charge in [-0.2, -0.15) is 0 Å². The minimum absolute atomic E-state index is 0.00299. The van der Waals surface area contributed by atoms with Gasteiger partial charge in [0.05, 0.1) is 5.56 Å². The molecule has 9 saturated carbocycles. The summed E-state index contributed by atoms with van der Waals surface area (Å²) in [5.41, 5.74) is 2.36. The lowest BCUT2D eigenvalue weighted by Crippen LogP contribution is -2.77. The molecule has 6 bridgehead atoms. The molecule has 0 radical (unpaired) electrons. The lowest BCUT2D eigenvalue weighted by molar-refractivity contribution is -0.344. The Bertz CT molecular complexity index is 1180. The summed E-state index contributed by atoms with van der Waals surface area (Å²) >= 11 is 0. The van der Waals surface area contributed by atoms with Gasteiger partial charge < -0.3 is 4.74 Å². The normalized spacial score (nSPS) is 51.5. The Balaban J connectivity index is 1.35. The molecule has 0 saturated heterocycles. The number of hydrogen-bond donors (Lipinski definition) is 0. The third-order valence-corrected chi connectivity index (χ3v) is 16.3. The van der Waals surface area contributed by atoms with Crippen molar-refractivity contribution >= 4 is 5.97 Å². The Hall–Kier alpha value is -1.31. The van der Waals surface area contributed by atoms with Crippen LogP contribution < -0.4 is 0 Å². The molecule has 0 spiro atoms.